The van der Waals surface area contributed by atoms with Crippen LogP contribution in [0.25, 0.3) is 0 Å². The number of carboxylic acids is 1. The topological polar surface area (TPSA) is 57.6 Å². The molecule has 0 aliphatic carbocycles. The summed E-state index contributed by atoms with van der Waals surface area (Å²) in [5.41, 5.74) is -0.624. The Labute approximate surface area is 117 Å². The molecular formula is C14H19NO3S. The van der Waals surface area contributed by atoms with E-state index >= 15 is 0 Å². The van der Waals surface area contributed by atoms with Gasteiger partial charge in [-0.3, -0.25) is 9.59 Å². The fraction of sp³-hybridized carbons (Fsp3) is 0.571. The van der Waals surface area contributed by atoms with Crippen LogP contribution in [0.15, 0.2) is 17.5 Å². The Hall–Kier alpha value is -1.36. The third-order valence-electron chi connectivity index (χ3n) is 3.92. The highest BCUT2D eigenvalue weighted by Crippen LogP contribution is 2.37. The summed E-state index contributed by atoms with van der Waals surface area (Å²) >= 11 is 1.43. The van der Waals surface area contributed by atoms with Crippen molar-refractivity contribution in [1.82, 2.24) is 4.90 Å². The van der Waals surface area contributed by atoms with Gasteiger partial charge in [0.25, 0.3) is 5.91 Å². The average Bonchev–Trinajstić information content (AvgIpc) is 2.93. The van der Waals surface area contributed by atoms with E-state index in [1.165, 1.54) is 11.3 Å². The van der Waals surface area contributed by atoms with E-state index in [9.17, 15) is 14.7 Å². The van der Waals surface area contributed by atoms with E-state index in [1.54, 1.807) is 4.90 Å². The van der Waals surface area contributed by atoms with Crippen molar-refractivity contribution in [3.8, 4) is 0 Å². The Balaban J connectivity index is 2.02. The molecule has 1 aromatic rings. The molecule has 0 radical (unpaired) electrons. The Morgan fingerprint density at radius 3 is 2.58 bits per heavy atom. The molecule has 1 fully saturated rings. The normalized spacial score (nSPS) is 18.3. The highest BCUT2D eigenvalue weighted by atomic mass is 32.1. The number of carboxylic acid groups (broad SMARTS) is 1. The summed E-state index contributed by atoms with van der Waals surface area (Å²) in [6.45, 7) is 3.10. The van der Waals surface area contributed by atoms with Crippen LogP contribution < -0.4 is 0 Å². The maximum Gasteiger partial charge on any atom is 0.309 e. The highest BCUT2D eigenvalue weighted by molar-refractivity contribution is 7.12. The fourth-order valence-corrected chi connectivity index (χ4v) is 3.43. The van der Waals surface area contributed by atoms with Crippen LogP contribution in [0.1, 0.15) is 42.3 Å². The molecule has 2 rings (SSSR count). The van der Waals surface area contributed by atoms with Gasteiger partial charge in [0.15, 0.2) is 0 Å². The highest BCUT2D eigenvalue weighted by Gasteiger charge is 2.41. The summed E-state index contributed by atoms with van der Waals surface area (Å²) in [5.74, 6) is -0.678. The fourth-order valence-electron chi connectivity index (χ4n) is 2.74. The molecule has 1 aliphatic rings. The van der Waals surface area contributed by atoms with Gasteiger partial charge in [-0.25, -0.2) is 0 Å². The van der Waals surface area contributed by atoms with Gasteiger partial charge in [0.2, 0.25) is 0 Å². The lowest BCUT2D eigenvalue weighted by Crippen LogP contribution is -2.46. The molecule has 19 heavy (non-hydrogen) atoms. The van der Waals surface area contributed by atoms with Gasteiger partial charge in [-0.1, -0.05) is 19.4 Å². The molecular weight excluding hydrogens is 262 g/mol. The summed E-state index contributed by atoms with van der Waals surface area (Å²) in [6, 6.07) is 3.68. The maximum atomic E-state index is 12.2. The number of likely N-dealkylation sites (tertiary alicyclic amines) is 1. The largest absolute Gasteiger partial charge is 0.481 e. The van der Waals surface area contributed by atoms with E-state index in [-0.39, 0.29) is 5.91 Å². The summed E-state index contributed by atoms with van der Waals surface area (Å²) in [4.78, 5) is 26.2. The second-order valence-corrected chi connectivity index (χ2v) is 6.05. The third kappa shape index (κ3) is 2.81. The van der Waals surface area contributed by atoms with Crippen LogP contribution in [-0.2, 0) is 4.79 Å². The number of thiophene rings is 1. The van der Waals surface area contributed by atoms with Crippen LogP contribution in [-0.4, -0.2) is 35.0 Å². The molecule has 0 saturated carbocycles. The van der Waals surface area contributed by atoms with Crippen LogP contribution in [0, 0.1) is 5.41 Å². The number of aliphatic carboxylic acids is 1. The standard InChI is InChI=1S/C14H19NO3S/c1-2-5-14(13(17)18)6-8-15(9-7-14)12(16)11-4-3-10-19-11/h3-4,10H,2,5-9H2,1H3,(H,17,18). The van der Waals surface area contributed by atoms with Crippen LogP contribution in [0.2, 0.25) is 0 Å². The Kier molecular flexibility index (Phi) is 4.24. The lowest BCUT2D eigenvalue weighted by atomic mass is 9.75. The lowest BCUT2D eigenvalue weighted by Gasteiger charge is -2.38. The zero-order chi connectivity index (χ0) is 13.9. The molecule has 104 valence electrons. The molecule has 1 N–H and O–H groups in total. The summed E-state index contributed by atoms with van der Waals surface area (Å²) in [7, 11) is 0. The van der Waals surface area contributed by atoms with Crippen molar-refractivity contribution >= 4 is 23.2 Å². The van der Waals surface area contributed by atoms with Crippen molar-refractivity contribution in [3.63, 3.8) is 0 Å². The van der Waals surface area contributed by atoms with Gasteiger partial charge >= 0.3 is 5.97 Å². The third-order valence-corrected chi connectivity index (χ3v) is 4.78. The van der Waals surface area contributed by atoms with Crippen molar-refractivity contribution in [1.29, 1.82) is 0 Å². The minimum absolute atomic E-state index is 0.0329. The molecule has 1 aliphatic heterocycles. The number of hydrogen-bond acceptors (Lipinski definition) is 3. The molecule has 1 saturated heterocycles. The number of carbonyl (C=O) groups excluding carboxylic acids is 1. The Morgan fingerprint density at radius 2 is 2.11 bits per heavy atom. The van der Waals surface area contributed by atoms with Crippen LogP contribution in [0.3, 0.4) is 0 Å². The van der Waals surface area contributed by atoms with Gasteiger partial charge in [-0.15, -0.1) is 11.3 Å². The first kappa shape index (κ1) is 14.1. The van der Waals surface area contributed by atoms with Crippen molar-refractivity contribution < 1.29 is 14.7 Å². The Morgan fingerprint density at radius 1 is 1.42 bits per heavy atom. The molecule has 0 spiro atoms. The predicted octanol–water partition coefficient (Wildman–Crippen LogP) is 2.86. The SMILES string of the molecule is CCCC1(C(=O)O)CCN(C(=O)c2cccs2)CC1. The zero-order valence-corrected chi connectivity index (χ0v) is 11.9. The van der Waals surface area contributed by atoms with E-state index in [1.807, 2.05) is 24.4 Å². The summed E-state index contributed by atoms with van der Waals surface area (Å²) in [5, 5.41) is 11.3. The molecule has 0 unspecified atom stereocenters. The lowest BCUT2D eigenvalue weighted by molar-refractivity contribution is -0.152. The Bertz CT molecular complexity index is 447. The van der Waals surface area contributed by atoms with Crippen molar-refractivity contribution in [3.05, 3.63) is 22.4 Å². The molecule has 4 nitrogen and oxygen atoms in total. The zero-order valence-electron chi connectivity index (χ0n) is 11.1. The molecule has 0 bridgehead atoms. The van der Waals surface area contributed by atoms with Crippen LogP contribution >= 0.6 is 11.3 Å². The van der Waals surface area contributed by atoms with Gasteiger partial charge in [0, 0.05) is 13.1 Å². The minimum Gasteiger partial charge on any atom is -0.481 e. The van der Waals surface area contributed by atoms with E-state index in [0.717, 1.165) is 11.3 Å². The molecule has 1 amide bonds. The van der Waals surface area contributed by atoms with Crippen LogP contribution in [0.5, 0.6) is 0 Å². The number of piperidine rings is 1. The van der Waals surface area contributed by atoms with Gasteiger partial charge in [0.05, 0.1) is 10.3 Å². The number of hydrogen-bond donors (Lipinski definition) is 1. The monoisotopic (exact) mass is 281 g/mol. The predicted molar refractivity (Wildman–Crippen MR) is 74.4 cm³/mol. The summed E-state index contributed by atoms with van der Waals surface area (Å²) in [6.07, 6.45) is 2.69. The quantitative estimate of drug-likeness (QED) is 0.923. The number of nitrogens with zero attached hydrogens (tertiary/aromatic N) is 1. The maximum absolute atomic E-state index is 12.2. The molecule has 1 aromatic heterocycles. The minimum atomic E-state index is -0.711. The second-order valence-electron chi connectivity index (χ2n) is 5.10. The first-order valence-corrected chi connectivity index (χ1v) is 7.53. The number of carbonyl (C=O) groups is 2. The van der Waals surface area contributed by atoms with E-state index in [2.05, 4.69) is 0 Å². The van der Waals surface area contributed by atoms with Gasteiger partial charge in [-0.2, -0.15) is 0 Å². The van der Waals surface area contributed by atoms with Gasteiger partial charge in [0.1, 0.15) is 0 Å². The second kappa shape index (κ2) is 5.74. The summed E-state index contributed by atoms with van der Waals surface area (Å²) < 4.78 is 0. The van der Waals surface area contributed by atoms with E-state index in [0.29, 0.717) is 32.4 Å². The van der Waals surface area contributed by atoms with Crippen molar-refractivity contribution in [2.75, 3.05) is 13.1 Å². The first-order valence-electron chi connectivity index (χ1n) is 6.65. The average molecular weight is 281 g/mol. The van der Waals surface area contributed by atoms with E-state index in [4.69, 9.17) is 0 Å². The first-order chi connectivity index (χ1) is 9.09. The molecule has 2 heterocycles. The van der Waals surface area contributed by atoms with E-state index < -0.39 is 11.4 Å². The smallest absolute Gasteiger partial charge is 0.309 e. The van der Waals surface area contributed by atoms with Crippen molar-refractivity contribution in [2.24, 2.45) is 5.41 Å². The van der Waals surface area contributed by atoms with Gasteiger partial charge in [-0.05, 0) is 30.7 Å². The molecule has 5 heteroatoms. The molecule has 0 atom stereocenters. The van der Waals surface area contributed by atoms with Crippen molar-refractivity contribution in [2.45, 2.75) is 32.6 Å². The van der Waals surface area contributed by atoms with Crippen LogP contribution in [0.4, 0.5) is 0 Å². The number of rotatable bonds is 4. The van der Waals surface area contributed by atoms with Gasteiger partial charge < -0.3 is 10.0 Å². The molecule has 0 aromatic carbocycles. The number of amides is 1.